The fourth-order valence-electron chi connectivity index (χ4n) is 2.49. The van der Waals surface area contributed by atoms with Crippen LogP contribution in [0.4, 0.5) is 0 Å². The van der Waals surface area contributed by atoms with Gasteiger partial charge in [0.15, 0.2) is 5.75 Å². The number of benzene rings is 2. The van der Waals surface area contributed by atoms with Crippen LogP contribution < -0.4 is 15.0 Å². The van der Waals surface area contributed by atoms with Crippen LogP contribution in [0.25, 0.3) is 0 Å². The van der Waals surface area contributed by atoms with Gasteiger partial charge in [0, 0.05) is 6.07 Å². The minimum atomic E-state index is -0.239. The van der Waals surface area contributed by atoms with E-state index in [0.717, 1.165) is 22.6 Å². The Hall–Kier alpha value is -3.08. The van der Waals surface area contributed by atoms with E-state index in [2.05, 4.69) is 5.10 Å². The minimum absolute atomic E-state index is 0.239. The Bertz CT molecular complexity index is 887. The van der Waals surface area contributed by atoms with E-state index in [0.29, 0.717) is 18.9 Å². The molecule has 0 saturated carbocycles. The maximum Gasteiger partial charge on any atom is 0.309 e. The quantitative estimate of drug-likeness (QED) is 0.694. The number of aryl methyl sites for hydroxylation is 1. The Morgan fingerprint density at radius 2 is 1.72 bits per heavy atom. The Morgan fingerprint density at radius 1 is 1.00 bits per heavy atom. The van der Waals surface area contributed by atoms with Gasteiger partial charge in [-0.15, -0.1) is 0 Å². The standard InChI is InChI=1S/C20H20N2O3/c1-15-12-19(25-14-17-6-4-3-5-7-17)20(23)22(21-15)13-16-8-10-18(24-2)11-9-16/h3-12H,13-14H2,1-2H3. The molecule has 0 aliphatic carbocycles. The van der Waals surface area contributed by atoms with Crippen LogP contribution in [-0.2, 0) is 13.2 Å². The summed E-state index contributed by atoms with van der Waals surface area (Å²) < 4.78 is 12.3. The second-order valence-electron chi connectivity index (χ2n) is 5.74. The summed E-state index contributed by atoms with van der Waals surface area (Å²) >= 11 is 0. The molecule has 0 atom stereocenters. The highest BCUT2D eigenvalue weighted by molar-refractivity contribution is 5.28. The Morgan fingerprint density at radius 3 is 2.40 bits per heavy atom. The van der Waals surface area contributed by atoms with Crippen LogP contribution in [0.2, 0.25) is 0 Å². The number of rotatable bonds is 6. The summed E-state index contributed by atoms with van der Waals surface area (Å²) in [6, 6.07) is 19.0. The summed E-state index contributed by atoms with van der Waals surface area (Å²) in [5.74, 6) is 1.09. The molecule has 0 unspecified atom stereocenters. The van der Waals surface area contributed by atoms with Crippen molar-refractivity contribution in [3.05, 3.63) is 87.8 Å². The Balaban J connectivity index is 1.80. The lowest BCUT2D eigenvalue weighted by molar-refractivity contribution is 0.296. The van der Waals surface area contributed by atoms with Crippen molar-refractivity contribution in [3.63, 3.8) is 0 Å². The predicted molar refractivity (Wildman–Crippen MR) is 96.1 cm³/mol. The molecule has 5 heteroatoms. The zero-order chi connectivity index (χ0) is 17.6. The molecular formula is C20H20N2O3. The fraction of sp³-hybridized carbons (Fsp3) is 0.200. The highest BCUT2D eigenvalue weighted by Gasteiger charge is 2.09. The van der Waals surface area contributed by atoms with Gasteiger partial charge >= 0.3 is 5.56 Å². The van der Waals surface area contributed by atoms with Gasteiger partial charge in [0.1, 0.15) is 12.4 Å². The fourth-order valence-corrected chi connectivity index (χ4v) is 2.49. The van der Waals surface area contributed by atoms with Crippen molar-refractivity contribution in [3.8, 4) is 11.5 Å². The average molecular weight is 336 g/mol. The van der Waals surface area contributed by atoms with Crippen LogP contribution in [0.5, 0.6) is 11.5 Å². The monoisotopic (exact) mass is 336 g/mol. The highest BCUT2D eigenvalue weighted by Crippen LogP contribution is 2.13. The lowest BCUT2D eigenvalue weighted by Crippen LogP contribution is -2.25. The van der Waals surface area contributed by atoms with Crippen LogP contribution in [-0.4, -0.2) is 16.9 Å². The number of hydrogen-bond donors (Lipinski definition) is 0. The molecule has 0 spiro atoms. The van der Waals surface area contributed by atoms with E-state index in [1.54, 1.807) is 13.2 Å². The molecule has 2 aromatic carbocycles. The number of hydrogen-bond acceptors (Lipinski definition) is 4. The number of methoxy groups -OCH3 is 1. The van der Waals surface area contributed by atoms with Gasteiger partial charge in [-0.1, -0.05) is 42.5 Å². The lowest BCUT2D eigenvalue weighted by Gasteiger charge is -2.11. The van der Waals surface area contributed by atoms with Gasteiger partial charge in [-0.2, -0.15) is 5.10 Å². The molecule has 0 N–H and O–H groups in total. The van der Waals surface area contributed by atoms with Crippen LogP contribution >= 0.6 is 0 Å². The van der Waals surface area contributed by atoms with Crippen molar-refractivity contribution in [1.29, 1.82) is 0 Å². The molecule has 1 heterocycles. The van der Waals surface area contributed by atoms with Gasteiger partial charge in [0.25, 0.3) is 0 Å². The summed E-state index contributed by atoms with van der Waals surface area (Å²) in [5, 5.41) is 4.32. The maximum absolute atomic E-state index is 12.6. The molecule has 0 radical (unpaired) electrons. The van der Waals surface area contributed by atoms with Crippen LogP contribution in [0.3, 0.4) is 0 Å². The summed E-state index contributed by atoms with van der Waals surface area (Å²) in [6.07, 6.45) is 0. The van der Waals surface area contributed by atoms with Crippen molar-refractivity contribution in [2.45, 2.75) is 20.1 Å². The molecular weight excluding hydrogens is 316 g/mol. The molecule has 128 valence electrons. The smallest absolute Gasteiger partial charge is 0.309 e. The first-order valence-corrected chi connectivity index (χ1v) is 8.04. The van der Waals surface area contributed by atoms with Gasteiger partial charge in [0.2, 0.25) is 0 Å². The number of ether oxygens (including phenoxy) is 2. The number of nitrogens with zero attached hydrogens (tertiary/aromatic N) is 2. The molecule has 0 fully saturated rings. The third-order valence-corrected chi connectivity index (χ3v) is 3.79. The van der Waals surface area contributed by atoms with Crippen LogP contribution in [0, 0.1) is 6.92 Å². The van der Waals surface area contributed by atoms with Crippen LogP contribution in [0.15, 0.2) is 65.5 Å². The Labute approximate surface area is 146 Å². The third-order valence-electron chi connectivity index (χ3n) is 3.79. The molecule has 1 aromatic heterocycles. The maximum atomic E-state index is 12.6. The van der Waals surface area contributed by atoms with Crippen molar-refractivity contribution in [2.24, 2.45) is 0 Å². The first-order valence-electron chi connectivity index (χ1n) is 8.04. The topological polar surface area (TPSA) is 53.4 Å². The van der Waals surface area contributed by atoms with E-state index in [-0.39, 0.29) is 5.56 Å². The van der Waals surface area contributed by atoms with E-state index >= 15 is 0 Å². The van der Waals surface area contributed by atoms with E-state index < -0.39 is 0 Å². The SMILES string of the molecule is COc1ccc(Cn2nc(C)cc(OCc3ccccc3)c2=O)cc1. The third kappa shape index (κ3) is 4.26. The van der Waals surface area contributed by atoms with Gasteiger partial charge in [-0.3, -0.25) is 4.79 Å². The molecule has 0 aliphatic heterocycles. The second-order valence-corrected chi connectivity index (χ2v) is 5.74. The van der Waals surface area contributed by atoms with Gasteiger partial charge < -0.3 is 9.47 Å². The van der Waals surface area contributed by atoms with E-state index in [1.165, 1.54) is 4.68 Å². The van der Waals surface area contributed by atoms with Crippen LogP contribution in [0.1, 0.15) is 16.8 Å². The molecule has 0 aliphatic rings. The van der Waals surface area contributed by atoms with Gasteiger partial charge in [-0.05, 0) is 30.2 Å². The molecule has 0 amide bonds. The normalized spacial score (nSPS) is 10.5. The van der Waals surface area contributed by atoms with E-state index in [9.17, 15) is 4.79 Å². The highest BCUT2D eigenvalue weighted by atomic mass is 16.5. The molecule has 3 aromatic rings. The predicted octanol–water partition coefficient (Wildman–Crippen LogP) is 3.19. The average Bonchev–Trinajstić information content (AvgIpc) is 2.64. The summed E-state index contributed by atoms with van der Waals surface area (Å²) in [5.41, 5.74) is 2.47. The first kappa shape index (κ1) is 16.8. The molecule has 5 nitrogen and oxygen atoms in total. The van der Waals surface area contributed by atoms with Crippen molar-refractivity contribution < 1.29 is 9.47 Å². The second kappa shape index (κ2) is 7.66. The van der Waals surface area contributed by atoms with E-state index in [1.807, 2.05) is 61.5 Å². The molecule has 3 rings (SSSR count). The van der Waals surface area contributed by atoms with Gasteiger partial charge in [0.05, 0.1) is 19.3 Å². The Kier molecular flexibility index (Phi) is 5.14. The zero-order valence-corrected chi connectivity index (χ0v) is 14.3. The van der Waals surface area contributed by atoms with Gasteiger partial charge in [-0.25, -0.2) is 4.68 Å². The minimum Gasteiger partial charge on any atom is -0.497 e. The largest absolute Gasteiger partial charge is 0.497 e. The molecule has 25 heavy (non-hydrogen) atoms. The zero-order valence-electron chi connectivity index (χ0n) is 14.3. The number of aromatic nitrogens is 2. The summed E-state index contributed by atoms with van der Waals surface area (Å²) in [6.45, 7) is 2.58. The van der Waals surface area contributed by atoms with Crippen molar-refractivity contribution in [2.75, 3.05) is 7.11 Å². The van der Waals surface area contributed by atoms with Crippen molar-refractivity contribution in [1.82, 2.24) is 9.78 Å². The summed E-state index contributed by atoms with van der Waals surface area (Å²) in [7, 11) is 1.62. The summed E-state index contributed by atoms with van der Waals surface area (Å²) in [4.78, 5) is 12.6. The molecule has 0 saturated heterocycles. The molecule has 0 bridgehead atoms. The first-order chi connectivity index (χ1) is 12.2. The van der Waals surface area contributed by atoms with E-state index in [4.69, 9.17) is 9.47 Å². The lowest BCUT2D eigenvalue weighted by atomic mass is 10.2. The van der Waals surface area contributed by atoms with Crippen molar-refractivity contribution >= 4 is 0 Å².